The monoisotopic (exact) mass is 431 g/mol. The van der Waals surface area contributed by atoms with E-state index in [2.05, 4.69) is 5.32 Å². The van der Waals surface area contributed by atoms with E-state index in [1.54, 1.807) is 48.5 Å². The molecule has 0 radical (unpaired) electrons. The number of carbonyl (C=O) groups is 3. The fourth-order valence-corrected chi connectivity index (χ4v) is 3.47. The third kappa shape index (κ3) is 3.79. The van der Waals surface area contributed by atoms with E-state index >= 15 is 0 Å². The molecule has 3 aromatic carbocycles. The van der Waals surface area contributed by atoms with Crippen LogP contribution >= 0.6 is 0 Å². The zero-order valence-corrected chi connectivity index (χ0v) is 16.9. The molecule has 0 bridgehead atoms. The molecule has 3 aromatic rings. The number of methoxy groups -OCH3 is 1. The Labute approximate surface area is 182 Å². The molecule has 0 fully saturated rings. The fourth-order valence-electron chi connectivity index (χ4n) is 3.47. The molecule has 9 heteroatoms. The summed E-state index contributed by atoms with van der Waals surface area (Å²) in [6.07, 6.45) is -0.0196. The zero-order chi connectivity index (χ0) is 22.8. The molecule has 0 aromatic heterocycles. The number of anilines is 2. The molecule has 1 aliphatic heterocycles. The second-order valence-electron chi connectivity index (χ2n) is 7.02. The summed E-state index contributed by atoms with van der Waals surface area (Å²) in [6, 6.07) is 17.0. The Morgan fingerprint density at radius 3 is 2.19 bits per heavy atom. The lowest BCUT2D eigenvalue weighted by Crippen LogP contribution is -2.29. The van der Waals surface area contributed by atoms with Gasteiger partial charge in [-0.2, -0.15) is 0 Å². The van der Waals surface area contributed by atoms with Gasteiger partial charge >= 0.3 is 0 Å². The Bertz CT molecular complexity index is 1220. The predicted octanol–water partition coefficient (Wildman–Crippen LogP) is 3.59. The van der Waals surface area contributed by atoms with E-state index in [4.69, 9.17) is 4.74 Å². The molecule has 0 atom stereocenters. The first-order valence-electron chi connectivity index (χ1n) is 9.58. The number of nitrogens with zero attached hydrogens (tertiary/aromatic N) is 2. The molecule has 160 valence electrons. The highest BCUT2D eigenvalue weighted by atomic mass is 16.6. The molecule has 4 rings (SSSR count). The summed E-state index contributed by atoms with van der Waals surface area (Å²) < 4.78 is 5.14. The summed E-state index contributed by atoms with van der Waals surface area (Å²) in [5.41, 5.74) is 1.76. The normalized spacial score (nSPS) is 12.5. The van der Waals surface area contributed by atoms with Gasteiger partial charge < -0.3 is 10.1 Å². The Balaban J connectivity index is 1.48. The number of hydrogen-bond donors (Lipinski definition) is 1. The fraction of sp³-hybridized carbons (Fsp3) is 0.0870. The number of rotatable bonds is 6. The summed E-state index contributed by atoms with van der Waals surface area (Å²) in [4.78, 5) is 49.2. The highest BCUT2D eigenvalue weighted by Gasteiger charge is 2.36. The molecule has 0 saturated heterocycles. The molecular weight excluding hydrogens is 414 g/mol. The van der Waals surface area contributed by atoms with Gasteiger partial charge in [-0.3, -0.25) is 24.5 Å². The predicted molar refractivity (Wildman–Crippen MR) is 116 cm³/mol. The molecule has 1 aliphatic rings. The number of nitrogens with one attached hydrogen (secondary N) is 1. The van der Waals surface area contributed by atoms with Crippen LogP contribution in [0.3, 0.4) is 0 Å². The van der Waals surface area contributed by atoms with Gasteiger partial charge in [0.1, 0.15) is 5.75 Å². The Morgan fingerprint density at radius 2 is 1.62 bits per heavy atom. The van der Waals surface area contributed by atoms with Crippen LogP contribution in [0.25, 0.3) is 0 Å². The molecular formula is C23H17N3O6. The third-order valence-electron chi connectivity index (χ3n) is 5.02. The molecule has 9 nitrogen and oxygen atoms in total. The smallest absolute Gasteiger partial charge is 0.271 e. The molecule has 0 aliphatic carbocycles. The second-order valence-corrected chi connectivity index (χ2v) is 7.02. The standard InChI is InChI=1S/C23H17N3O6/c1-32-20-11-10-16(26(30)31)13-19(20)24-21(27)12-14-6-8-15(9-7-14)25-22(28)17-4-2-3-5-18(17)23(25)29/h2-11,13H,12H2,1H3,(H,24,27). The molecule has 0 saturated carbocycles. The number of imide groups is 1. The number of nitro groups is 1. The lowest BCUT2D eigenvalue weighted by molar-refractivity contribution is -0.384. The molecule has 32 heavy (non-hydrogen) atoms. The van der Waals surface area contributed by atoms with Crippen molar-refractivity contribution in [2.45, 2.75) is 6.42 Å². The minimum absolute atomic E-state index is 0.0196. The van der Waals surface area contributed by atoms with Crippen LogP contribution in [0.4, 0.5) is 17.1 Å². The van der Waals surface area contributed by atoms with Gasteiger partial charge in [-0.05, 0) is 35.9 Å². The van der Waals surface area contributed by atoms with Gasteiger partial charge in [-0.1, -0.05) is 24.3 Å². The third-order valence-corrected chi connectivity index (χ3v) is 5.02. The van der Waals surface area contributed by atoms with Gasteiger partial charge in [0.05, 0.1) is 41.0 Å². The molecule has 1 heterocycles. The largest absolute Gasteiger partial charge is 0.495 e. The van der Waals surface area contributed by atoms with E-state index in [0.717, 1.165) is 4.90 Å². The number of hydrogen-bond acceptors (Lipinski definition) is 6. The minimum atomic E-state index is -0.562. The van der Waals surface area contributed by atoms with E-state index in [9.17, 15) is 24.5 Å². The van der Waals surface area contributed by atoms with Crippen molar-refractivity contribution in [2.24, 2.45) is 0 Å². The van der Waals surface area contributed by atoms with Crippen molar-refractivity contribution in [3.63, 3.8) is 0 Å². The summed E-state index contributed by atoms with van der Waals surface area (Å²) in [5.74, 6) is -0.898. The Kier molecular flexibility index (Phi) is 5.38. The average Bonchev–Trinajstić information content (AvgIpc) is 3.04. The van der Waals surface area contributed by atoms with Crippen molar-refractivity contribution in [3.8, 4) is 5.75 Å². The number of non-ortho nitro benzene ring substituents is 1. The van der Waals surface area contributed by atoms with Gasteiger partial charge in [0, 0.05) is 12.1 Å². The highest BCUT2D eigenvalue weighted by Crippen LogP contribution is 2.30. The summed E-state index contributed by atoms with van der Waals surface area (Å²) >= 11 is 0. The maximum absolute atomic E-state index is 12.6. The Morgan fingerprint density at radius 1 is 1.00 bits per heavy atom. The van der Waals surface area contributed by atoms with E-state index in [1.165, 1.54) is 25.3 Å². The Hall–Kier alpha value is -4.53. The van der Waals surface area contributed by atoms with Crippen LogP contribution < -0.4 is 15.0 Å². The maximum atomic E-state index is 12.6. The first-order valence-corrected chi connectivity index (χ1v) is 9.58. The van der Waals surface area contributed by atoms with Gasteiger partial charge in [0.2, 0.25) is 5.91 Å². The summed E-state index contributed by atoms with van der Waals surface area (Å²) in [7, 11) is 1.40. The molecule has 3 amide bonds. The average molecular weight is 431 g/mol. The van der Waals surface area contributed by atoms with Crippen LogP contribution in [-0.2, 0) is 11.2 Å². The summed E-state index contributed by atoms with van der Waals surface area (Å²) in [6.45, 7) is 0. The zero-order valence-electron chi connectivity index (χ0n) is 16.9. The topological polar surface area (TPSA) is 119 Å². The number of nitro benzene ring substituents is 1. The van der Waals surface area contributed by atoms with Crippen molar-refractivity contribution in [3.05, 3.63) is 93.5 Å². The van der Waals surface area contributed by atoms with Crippen LogP contribution in [0.2, 0.25) is 0 Å². The second kappa shape index (κ2) is 8.31. The van der Waals surface area contributed by atoms with Crippen molar-refractivity contribution in [1.29, 1.82) is 0 Å². The number of benzene rings is 3. The van der Waals surface area contributed by atoms with E-state index in [-0.39, 0.29) is 17.8 Å². The minimum Gasteiger partial charge on any atom is -0.495 e. The summed E-state index contributed by atoms with van der Waals surface area (Å²) in [5, 5.41) is 13.6. The highest BCUT2D eigenvalue weighted by molar-refractivity contribution is 6.34. The lowest BCUT2D eigenvalue weighted by atomic mass is 10.1. The lowest BCUT2D eigenvalue weighted by Gasteiger charge is -2.14. The number of carbonyl (C=O) groups excluding carboxylic acids is 3. The van der Waals surface area contributed by atoms with Crippen LogP contribution in [0.5, 0.6) is 5.75 Å². The molecule has 1 N–H and O–H groups in total. The van der Waals surface area contributed by atoms with Crippen LogP contribution in [0.1, 0.15) is 26.3 Å². The van der Waals surface area contributed by atoms with E-state index in [1.807, 2.05) is 0 Å². The van der Waals surface area contributed by atoms with Gasteiger partial charge in [0.25, 0.3) is 17.5 Å². The van der Waals surface area contributed by atoms with Crippen LogP contribution in [0, 0.1) is 10.1 Å². The first kappa shape index (κ1) is 20.7. The van der Waals surface area contributed by atoms with E-state index in [0.29, 0.717) is 28.1 Å². The van der Waals surface area contributed by atoms with Gasteiger partial charge in [0.15, 0.2) is 0 Å². The number of fused-ring (bicyclic) bond motifs is 1. The van der Waals surface area contributed by atoms with Gasteiger partial charge in [-0.15, -0.1) is 0 Å². The maximum Gasteiger partial charge on any atom is 0.271 e. The van der Waals surface area contributed by atoms with Crippen LogP contribution in [0.15, 0.2) is 66.7 Å². The number of amides is 3. The molecule has 0 unspecified atom stereocenters. The van der Waals surface area contributed by atoms with Crippen molar-refractivity contribution in [2.75, 3.05) is 17.3 Å². The van der Waals surface area contributed by atoms with Crippen LogP contribution in [-0.4, -0.2) is 29.8 Å². The van der Waals surface area contributed by atoms with Crippen molar-refractivity contribution < 1.29 is 24.0 Å². The van der Waals surface area contributed by atoms with Crippen molar-refractivity contribution in [1.82, 2.24) is 0 Å². The number of ether oxygens (including phenoxy) is 1. The quantitative estimate of drug-likeness (QED) is 0.362. The first-order chi connectivity index (χ1) is 15.4. The van der Waals surface area contributed by atoms with E-state index < -0.39 is 22.6 Å². The molecule has 0 spiro atoms. The van der Waals surface area contributed by atoms with Crippen molar-refractivity contribution >= 4 is 34.8 Å². The van der Waals surface area contributed by atoms with Gasteiger partial charge in [-0.25, -0.2) is 4.90 Å². The SMILES string of the molecule is COc1ccc([N+](=O)[O-])cc1NC(=O)Cc1ccc(N2C(=O)c3ccccc3C2=O)cc1.